The van der Waals surface area contributed by atoms with Crippen molar-refractivity contribution in [2.45, 2.75) is 30.8 Å². The van der Waals surface area contributed by atoms with Crippen LogP contribution in [-0.4, -0.2) is 34.8 Å². The number of tetrazole rings is 1. The number of thiazole rings is 1. The van der Waals surface area contributed by atoms with E-state index in [0.717, 1.165) is 34.4 Å². The predicted molar refractivity (Wildman–Crippen MR) is 86.0 cm³/mol. The molecule has 0 N–H and O–H groups in total. The Morgan fingerprint density at radius 3 is 3.00 bits per heavy atom. The molecule has 9 heteroatoms. The van der Waals surface area contributed by atoms with Gasteiger partial charge in [-0.15, -0.1) is 15.3 Å². The standard InChI is InChI=1S/C13H13N7S2/c1-2-7-19-11(14-17-18-19)8-21-12-15-16-13-20(12)9-5-3-4-6-10(9)22-13/h3-6H,2,7-8H2,1H3. The quantitative estimate of drug-likeness (QED) is 0.523. The largest absolute Gasteiger partial charge is 0.260 e. The molecule has 0 bridgehead atoms. The Bertz CT molecular complexity index is 923. The lowest BCUT2D eigenvalue weighted by atomic mass is 10.3. The Morgan fingerprint density at radius 2 is 2.09 bits per heavy atom. The van der Waals surface area contributed by atoms with Crippen LogP contribution in [0.3, 0.4) is 0 Å². The maximum atomic E-state index is 4.29. The molecular weight excluding hydrogens is 318 g/mol. The number of thioether (sulfide) groups is 1. The van der Waals surface area contributed by atoms with Crippen molar-refractivity contribution >= 4 is 38.3 Å². The van der Waals surface area contributed by atoms with E-state index in [4.69, 9.17) is 0 Å². The van der Waals surface area contributed by atoms with E-state index in [2.05, 4.69) is 49.2 Å². The molecule has 0 aliphatic heterocycles. The summed E-state index contributed by atoms with van der Waals surface area (Å²) in [5.41, 5.74) is 1.14. The molecule has 0 unspecified atom stereocenters. The lowest BCUT2D eigenvalue weighted by Gasteiger charge is -2.01. The SMILES string of the molecule is CCCn1nnnc1CSc1nnc2sc3ccccc3n12. The van der Waals surface area contributed by atoms with Gasteiger partial charge >= 0.3 is 0 Å². The summed E-state index contributed by atoms with van der Waals surface area (Å²) in [5, 5.41) is 21.3. The number of aryl methyl sites for hydroxylation is 1. The summed E-state index contributed by atoms with van der Waals surface area (Å²) in [5.74, 6) is 1.54. The van der Waals surface area contributed by atoms with E-state index in [-0.39, 0.29) is 0 Å². The second kappa shape index (κ2) is 5.65. The minimum absolute atomic E-state index is 0.679. The fourth-order valence-corrected chi connectivity index (χ4v) is 4.19. The number of hydrogen-bond acceptors (Lipinski definition) is 7. The van der Waals surface area contributed by atoms with E-state index >= 15 is 0 Å². The topological polar surface area (TPSA) is 73.8 Å². The van der Waals surface area contributed by atoms with Gasteiger partial charge in [0.15, 0.2) is 11.0 Å². The molecule has 0 saturated heterocycles. The maximum Gasteiger partial charge on any atom is 0.217 e. The van der Waals surface area contributed by atoms with Crippen molar-refractivity contribution in [1.82, 2.24) is 34.8 Å². The Morgan fingerprint density at radius 1 is 1.18 bits per heavy atom. The molecule has 4 aromatic rings. The number of nitrogens with zero attached hydrogens (tertiary/aromatic N) is 7. The summed E-state index contributed by atoms with van der Waals surface area (Å²) in [4.78, 5) is 0.914. The number of benzene rings is 1. The normalized spacial score (nSPS) is 11.7. The van der Waals surface area contributed by atoms with E-state index in [1.165, 1.54) is 4.70 Å². The molecule has 112 valence electrons. The van der Waals surface area contributed by atoms with Gasteiger partial charge in [-0.25, -0.2) is 4.68 Å². The van der Waals surface area contributed by atoms with Crippen LogP contribution in [0.4, 0.5) is 0 Å². The van der Waals surface area contributed by atoms with Gasteiger partial charge in [0.1, 0.15) is 0 Å². The van der Waals surface area contributed by atoms with Gasteiger partial charge in [-0.3, -0.25) is 4.40 Å². The maximum absolute atomic E-state index is 4.29. The fraction of sp³-hybridized carbons (Fsp3) is 0.308. The number of fused-ring (bicyclic) bond motifs is 3. The first-order chi connectivity index (χ1) is 10.9. The molecule has 0 spiro atoms. The zero-order valence-electron chi connectivity index (χ0n) is 11.9. The van der Waals surface area contributed by atoms with Crippen molar-refractivity contribution in [3.63, 3.8) is 0 Å². The third-order valence-corrected chi connectivity index (χ3v) is 5.22. The second-order valence-electron chi connectivity index (χ2n) is 4.78. The molecule has 0 radical (unpaired) electrons. The molecule has 3 aromatic heterocycles. The zero-order valence-corrected chi connectivity index (χ0v) is 13.5. The van der Waals surface area contributed by atoms with Crippen molar-refractivity contribution in [1.29, 1.82) is 0 Å². The smallest absolute Gasteiger partial charge is 0.217 e. The molecule has 0 aliphatic carbocycles. The highest BCUT2D eigenvalue weighted by atomic mass is 32.2. The summed E-state index contributed by atoms with van der Waals surface area (Å²) in [6.07, 6.45) is 1.01. The molecule has 0 atom stereocenters. The van der Waals surface area contributed by atoms with E-state index < -0.39 is 0 Å². The van der Waals surface area contributed by atoms with Crippen molar-refractivity contribution in [2.75, 3.05) is 0 Å². The first kappa shape index (κ1) is 13.6. The van der Waals surface area contributed by atoms with Crippen LogP contribution in [0.2, 0.25) is 0 Å². The zero-order chi connectivity index (χ0) is 14.9. The molecule has 22 heavy (non-hydrogen) atoms. The molecule has 0 fully saturated rings. The summed E-state index contributed by atoms with van der Waals surface area (Å²) >= 11 is 3.25. The minimum atomic E-state index is 0.679. The lowest BCUT2D eigenvalue weighted by molar-refractivity contribution is 0.564. The van der Waals surface area contributed by atoms with Gasteiger partial charge in [0.2, 0.25) is 4.96 Å². The fourth-order valence-electron chi connectivity index (χ4n) is 2.29. The van der Waals surface area contributed by atoms with Crippen LogP contribution in [0, 0.1) is 0 Å². The first-order valence-electron chi connectivity index (χ1n) is 6.97. The Kier molecular flexibility index (Phi) is 3.51. The third-order valence-electron chi connectivity index (χ3n) is 3.28. The van der Waals surface area contributed by atoms with Gasteiger partial charge < -0.3 is 0 Å². The second-order valence-corrected chi connectivity index (χ2v) is 6.73. The number of hydrogen-bond donors (Lipinski definition) is 0. The molecule has 0 saturated carbocycles. The molecule has 4 rings (SSSR count). The minimum Gasteiger partial charge on any atom is -0.260 e. The number of rotatable bonds is 5. The molecule has 0 aliphatic rings. The third kappa shape index (κ3) is 2.26. The van der Waals surface area contributed by atoms with Crippen LogP contribution in [0.15, 0.2) is 29.4 Å². The van der Waals surface area contributed by atoms with Gasteiger partial charge in [0.05, 0.1) is 16.0 Å². The molecule has 3 heterocycles. The molecule has 0 amide bonds. The van der Waals surface area contributed by atoms with Crippen molar-refractivity contribution in [2.24, 2.45) is 0 Å². The van der Waals surface area contributed by atoms with Gasteiger partial charge in [-0.05, 0) is 29.0 Å². The van der Waals surface area contributed by atoms with Crippen molar-refractivity contribution < 1.29 is 0 Å². The van der Waals surface area contributed by atoms with Crippen LogP contribution in [-0.2, 0) is 12.3 Å². The van der Waals surface area contributed by atoms with Crippen LogP contribution < -0.4 is 0 Å². The van der Waals surface area contributed by atoms with E-state index in [1.807, 2.05) is 16.8 Å². The van der Waals surface area contributed by atoms with Crippen molar-refractivity contribution in [3.05, 3.63) is 30.1 Å². The van der Waals surface area contributed by atoms with Gasteiger partial charge in [0.25, 0.3) is 0 Å². The summed E-state index contributed by atoms with van der Waals surface area (Å²) in [6, 6.07) is 8.26. The van der Waals surface area contributed by atoms with Gasteiger partial charge in [-0.1, -0.05) is 42.2 Å². The Labute approximate surface area is 134 Å². The molecular formula is C13H13N7S2. The summed E-state index contributed by atoms with van der Waals surface area (Å²) < 4.78 is 5.15. The van der Waals surface area contributed by atoms with Crippen molar-refractivity contribution in [3.8, 4) is 0 Å². The number of aromatic nitrogens is 7. The monoisotopic (exact) mass is 331 g/mol. The van der Waals surface area contributed by atoms with E-state index in [9.17, 15) is 0 Å². The Balaban J connectivity index is 1.65. The van der Waals surface area contributed by atoms with Crippen LogP contribution >= 0.6 is 23.1 Å². The molecule has 1 aromatic carbocycles. The van der Waals surface area contributed by atoms with Crippen LogP contribution in [0.25, 0.3) is 15.2 Å². The predicted octanol–water partition coefficient (Wildman–Crippen LogP) is 2.63. The highest BCUT2D eigenvalue weighted by Gasteiger charge is 2.14. The number of para-hydroxylation sites is 1. The average Bonchev–Trinajstić information content (AvgIpc) is 3.21. The first-order valence-corrected chi connectivity index (χ1v) is 8.77. The van der Waals surface area contributed by atoms with E-state index in [0.29, 0.717) is 5.75 Å². The summed E-state index contributed by atoms with van der Waals surface area (Å²) in [6.45, 7) is 2.94. The van der Waals surface area contributed by atoms with Crippen LogP contribution in [0.5, 0.6) is 0 Å². The Hall–Kier alpha value is -2.00. The lowest BCUT2D eigenvalue weighted by Crippen LogP contribution is -2.04. The molecule has 7 nitrogen and oxygen atoms in total. The highest BCUT2D eigenvalue weighted by molar-refractivity contribution is 7.98. The van der Waals surface area contributed by atoms with Crippen LogP contribution in [0.1, 0.15) is 19.2 Å². The van der Waals surface area contributed by atoms with Gasteiger partial charge in [-0.2, -0.15) is 0 Å². The summed E-state index contributed by atoms with van der Waals surface area (Å²) in [7, 11) is 0. The average molecular weight is 331 g/mol. The van der Waals surface area contributed by atoms with Gasteiger partial charge in [0, 0.05) is 6.54 Å². The highest BCUT2D eigenvalue weighted by Crippen LogP contribution is 2.30. The van der Waals surface area contributed by atoms with E-state index in [1.54, 1.807) is 23.1 Å².